The highest BCUT2D eigenvalue weighted by molar-refractivity contribution is 6.31. The Hall–Kier alpha value is -2.11. The summed E-state index contributed by atoms with van der Waals surface area (Å²) in [5.74, 6) is -0.208. The molecule has 0 bridgehead atoms. The minimum atomic E-state index is -0.940. The molecule has 1 aromatic heterocycles. The summed E-state index contributed by atoms with van der Waals surface area (Å²) in [5, 5.41) is 14.7. The molecule has 6 heteroatoms. The Bertz CT molecular complexity index is 746. The minimum Gasteiger partial charge on any atom is -0.389 e. The fourth-order valence-electron chi connectivity index (χ4n) is 2.38. The van der Waals surface area contributed by atoms with E-state index in [1.54, 1.807) is 31.7 Å². The molecule has 0 aliphatic rings. The van der Waals surface area contributed by atoms with Crippen molar-refractivity contribution >= 4 is 23.6 Å². The normalized spacial score (nSPS) is 11.9. The van der Waals surface area contributed by atoms with E-state index in [1.807, 2.05) is 37.3 Å². The van der Waals surface area contributed by atoms with E-state index in [4.69, 9.17) is 11.6 Å². The van der Waals surface area contributed by atoms with Gasteiger partial charge in [-0.1, -0.05) is 29.8 Å². The first kappa shape index (κ1) is 18.2. The van der Waals surface area contributed by atoms with E-state index in [0.29, 0.717) is 10.7 Å². The van der Waals surface area contributed by atoms with Gasteiger partial charge in [0.15, 0.2) is 0 Å². The van der Waals surface area contributed by atoms with Gasteiger partial charge in [0.05, 0.1) is 17.0 Å². The van der Waals surface area contributed by atoms with E-state index in [2.05, 4.69) is 5.10 Å². The van der Waals surface area contributed by atoms with E-state index in [9.17, 15) is 9.90 Å². The molecular weight excluding hydrogens is 326 g/mol. The van der Waals surface area contributed by atoms with Crippen LogP contribution in [-0.2, 0) is 4.79 Å². The maximum Gasteiger partial charge on any atom is 0.246 e. The summed E-state index contributed by atoms with van der Waals surface area (Å²) < 4.78 is 1.64. The van der Waals surface area contributed by atoms with Crippen molar-refractivity contribution in [2.75, 3.05) is 13.6 Å². The third-order valence-corrected chi connectivity index (χ3v) is 3.81. The number of benzene rings is 1. The number of para-hydroxylation sites is 1. The van der Waals surface area contributed by atoms with Crippen LogP contribution in [-0.4, -0.2) is 44.9 Å². The molecule has 0 aliphatic carbocycles. The number of carbonyl (C=O) groups excluding carboxylic acids is 1. The average molecular weight is 348 g/mol. The van der Waals surface area contributed by atoms with E-state index < -0.39 is 5.60 Å². The number of hydrogen-bond acceptors (Lipinski definition) is 3. The molecule has 0 radical (unpaired) electrons. The van der Waals surface area contributed by atoms with E-state index in [-0.39, 0.29) is 12.5 Å². The van der Waals surface area contributed by atoms with Gasteiger partial charge in [-0.15, -0.1) is 0 Å². The number of carbonyl (C=O) groups is 1. The third kappa shape index (κ3) is 4.46. The second kappa shape index (κ2) is 7.20. The number of aromatic nitrogens is 2. The monoisotopic (exact) mass is 347 g/mol. The van der Waals surface area contributed by atoms with E-state index in [0.717, 1.165) is 11.4 Å². The van der Waals surface area contributed by atoms with Gasteiger partial charge < -0.3 is 10.0 Å². The van der Waals surface area contributed by atoms with Crippen LogP contribution >= 0.6 is 11.6 Å². The third-order valence-electron chi connectivity index (χ3n) is 3.44. The first-order chi connectivity index (χ1) is 11.2. The Balaban J connectivity index is 2.22. The van der Waals surface area contributed by atoms with Gasteiger partial charge in [-0.2, -0.15) is 5.10 Å². The van der Waals surface area contributed by atoms with E-state index in [1.165, 1.54) is 11.0 Å². The summed E-state index contributed by atoms with van der Waals surface area (Å²) in [6.45, 7) is 5.40. The van der Waals surface area contributed by atoms with Crippen LogP contribution in [0.2, 0.25) is 5.15 Å². The molecule has 0 saturated heterocycles. The maximum absolute atomic E-state index is 12.2. The highest BCUT2D eigenvalue weighted by Gasteiger charge is 2.18. The topological polar surface area (TPSA) is 58.4 Å². The van der Waals surface area contributed by atoms with Gasteiger partial charge in [0.25, 0.3) is 0 Å². The molecule has 0 spiro atoms. The summed E-state index contributed by atoms with van der Waals surface area (Å²) in [4.78, 5) is 13.6. The molecule has 1 N–H and O–H groups in total. The Kier molecular flexibility index (Phi) is 5.47. The molecule has 0 aliphatic heterocycles. The lowest BCUT2D eigenvalue weighted by molar-refractivity contribution is -0.127. The first-order valence-corrected chi connectivity index (χ1v) is 8.03. The number of nitrogens with zero attached hydrogens (tertiary/aromatic N) is 3. The second-order valence-electron chi connectivity index (χ2n) is 6.38. The number of halogens is 1. The van der Waals surface area contributed by atoms with Crippen molar-refractivity contribution in [2.45, 2.75) is 26.4 Å². The molecule has 0 fully saturated rings. The summed E-state index contributed by atoms with van der Waals surface area (Å²) in [7, 11) is 1.65. The zero-order valence-corrected chi connectivity index (χ0v) is 15.1. The molecule has 2 rings (SSSR count). The highest BCUT2D eigenvalue weighted by Crippen LogP contribution is 2.24. The number of aliphatic hydroxyl groups is 1. The van der Waals surface area contributed by atoms with Crippen molar-refractivity contribution in [3.8, 4) is 5.69 Å². The summed E-state index contributed by atoms with van der Waals surface area (Å²) in [6, 6.07) is 9.56. The number of amides is 1. The molecule has 1 heterocycles. The largest absolute Gasteiger partial charge is 0.389 e. The van der Waals surface area contributed by atoms with Gasteiger partial charge in [-0.05, 0) is 39.0 Å². The number of hydrogen-bond donors (Lipinski definition) is 1. The van der Waals surface area contributed by atoms with Crippen LogP contribution in [0.1, 0.15) is 25.1 Å². The SMILES string of the molecule is Cc1nn(-c2ccccc2)c(Cl)c1/C=C/C(=O)N(C)CC(C)(C)O. The van der Waals surface area contributed by atoms with Crippen LogP contribution in [0.15, 0.2) is 36.4 Å². The number of aryl methyl sites for hydroxylation is 1. The Morgan fingerprint density at radius 3 is 2.58 bits per heavy atom. The fourth-order valence-corrected chi connectivity index (χ4v) is 2.72. The predicted octanol–water partition coefficient (Wildman–Crippen LogP) is 3.08. The van der Waals surface area contributed by atoms with Gasteiger partial charge in [0.2, 0.25) is 5.91 Å². The average Bonchev–Trinajstić information content (AvgIpc) is 2.79. The van der Waals surface area contributed by atoms with Gasteiger partial charge in [0.1, 0.15) is 5.15 Å². The van der Waals surface area contributed by atoms with E-state index >= 15 is 0 Å². The molecule has 24 heavy (non-hydrogen) atoms. The van der Waals surface area contributed by atoms with Crippen molar-refractivity contribution in [3.05, 3.63) is 52.8 Å². The molecule has 2 aromatic rings. The van der Waals surface area contributed by atoms with Crippen molar-refractivity contribution in [3.63, 3.8) is 0 Å². The van der Waals surface area contributed by atoms with Gasteiger partial charge in [0, 0.05) is 25.2 Å². The lowest BCUT2D eigenvalue weighted by atomic mass is 10.1. The van der Waals surface area contributed by atoms with Crippen LogP contribution in [0.5, 0.6) is 0 Å². The smallest absolute Gasteiger partial charge is 0.246 e. The van der Waals surface area contributed by atoms with Crippen molar-refractivity contribution in [1.29, 1.82) is 0 Å². The van der Waals surface area contributed by atoms with Gasteiger partial charge >= 0.3 is 0 Å². The molecule has 0 saturated carbocycles. The van der Waals surface area contributed by atoms with Crippen LogP contribution < -0.4 is 0 Å². The highest BCUT2D eigenvalue weighted by atomic mass is 35.5. The number of rotatable bonds is 5. The van der Waals surface area contributed by atoms with Gasteiger partial charge in [-0.3, -0.25) is 4.79 Å². The summed E-state index contributed by atoms with van der Waals surface area (Å²) >= 11 is 6.42. The van der Waals surface area contributed by atoms with Crippen LogP contribution in [0, 0.1) is 6.92 Å². The second-order valence-corrected chi connectivity index (χ2v) is 6.74. The Morgan fingerprint density at radius 1 is 1.38 bits per heavy atom. The molecular formula is C18H22ClN3O2. The minimum absolute atomic E-state index is 0.208. The van der Waals surface area contributed by atoms with Crippen LogP contribution in [0.3, 0.4) is 0 Å². The number of likely N-dealkylation sites (N-methyl/N-ethyl adjacent to an activating group) is 1. The quantitative estimate of drug-likeness (QED) is 0.845. The molecule has 1 amide bonds. The molecule has 1 aromatic carbocycles. The molecule has 128 valence electrons. The summed E-state index contributed by atoms with van der Waals surface area (Å²) in [6.07, 6.45) is 3.10. The van der Waals surface area contributed by atoms with Crippen LogP contribution in [0.4, 0.5) is 0 Å². The fraction of sp³-hybridized carbons (Fsp3) is 0.333. The first-order valence-electron chi connectivity index (χ1n) is 7.65. The van der Waals surface area contributed by atoms with Crippen molar-refractivity contribution < 1.29 is 9.90 Å². The predicted molar refractivity (Wildman–Crippen MR) is 96.3 cm³/mol. The lowest BCUT2D eigenvalue weighted by Gasteiger charge is -2.24. The zero-order chi connectivity index (χ0) is 17.9. The molecule has 0 atom stereocenters. The van der Waals surface area contributed by atoms with Gasteiger partial charge in [-0.25, -0.2) is 4.68 Å². The zero-order valence-electron chi connectivity index (χ0n) is 14.3. The maximum atomic E-state index is 12.2. The van der Waals surface area contributed by atoms with Crippen LogP contribution in [0.25, 0.3) is 11.8 Å². The summed E-state index contributed by atoms with van der Waals surface area (Å²) in [5.41, 5.74) is 1.35. The van der Waals surface area contributed by atoms with Crippen molar-refractivity contribution in [2.24, 2.45) is 0 Å². The lowest BCUT2D eigenvalue weighted by Crippen LogP contribution is -2.38. The standard InChI is InChI=1S/C18H22ClN3O2/c1-13-15(10-11-16(23)21(4)12-18(2,3)24)17(19)22(20-13)14-8-6-5-7-9-14/h5-11,24H,12H2,1-4H3/b11-10+. The molecule has 5 nitrogen and oxygen atoms in total. The Morgan fingerprint density at radius 2 is 2.00 bits per heavy atom. The Labute approximate surface area is 147 Å². The van der Waals surface area contributed by atoms with Crippen molar-refractivity contribution in [1.82, 2.24) is 14.7 Å². The molecule has 0 unspecified atom stereocenters.